The maximum Gasteiger partial charge on any atom is 0.298 e. The zero-order chi connectivity index (χ0) is 22.7. The van der Waals surface area contributed by atoms with Gasteiger partial charge in [-0.25, -0.2) is 4.90 Å². The summed E-state index contributed by atoms with van der Waals surface area (Å²) in [6.07, 6.45) is 1.70. The summed E-state index contributed by atoms with van der Waals surface area (Å²) in [7, 11) is 1.51. The SMILES string of the molecule is COc1ccccc1N1C(=O)S/C(=C\c2ccc(OCc3ccc(C)cc3)c(Br)c2)C1=O. The smallest absolute Gasteiger partial charge is 0.298 e. The topological polar surface area (TPSA) is 55.8 Å². The molecule has 5 nitrogen and oxygen atoms in total. The summed E-state index contributed by atoms with van der Waals surface area (Å²) in [4.78, 5) is 27.0. The van der Waals surface area contributed by atoms with E-state index in [1.807, 2.05) is 37.3 Å². The van der Waals surface area contributed by atoms with Gasteiger partial charge in [-0.15, -0.1) is 0 Å². The number of hydrogen-bond donors (Lipinski definition) is 0. The third-order valence-corrected chi connectivity index (χ3v) is 6.38. The fraction of sp³-hybridized carbons (Fsp3) is 0.120. The van der Waals surface area contributed by atoms with Gasteiger partial charge in [0.2, 0.25) is 0 Å². The number of imide groups is 1. The van der Waals surface area contributed by atoms with Gasteiger partial charge in [0, 0.05) is 0 Å². The largest absolute Gasteiger partial charge is 0.495 e. The molecule has 0 radical (unpaired) electrons. The van der Waals surface area contributed by atoms with Crippen LogP contribution in [-0.2, 0) is 11.4 Å². The molecule has 2 amide bonds. The molecule has 0 unspecified atom stereocenters. The predicted molar refractivity (Wildman–Crippen MR) is 131 cm³/mol. The standard InChI is InChI=1S/C25H20BrNO4S/c1-16-7-9-17(10-8-16)15-31-21-12-11-18(13-19(21)26)14-23-24(28)27(25(29)32-23)20-5-3-4-6-22(20)30-2/h3-14H,15H2,1-2H3/b23-14-. The van der Waals surface area contributed by atoms with Crippen molar-refractivity contribution in [3.63, 3.8) is 0 Å². The number of aryl methyl sites for hydroxylation is 1. The average Bonchev–Trinajstić information content (AvgIpc) is 3.07. The highest BCUT2D eigenvalue weighted by Crippen LogP contribution is 2.40. The molecule has 1 aliphatic heterocycles. The van der Waals surface area contributed by atoms with E-state index in [4.69, 9.17) is 9.47 Å². The van der Waals surface area contributed by atoms with Gasteiger partial charge in [0.1, 0.15) is 18.1 Å². The molecule has 3 aromatic rings. The molecular weight excluding hydrogens is 490 g/mol. The minimum absolute atomic E-state index is 0.348. The highest BCUT2D eigenvalue weighted by molar-refractivity contribution is 9.10. The number of thioether (sulfide) groups is 1. The molecule has 0 aliphatic carbocycles. The lowest BCUT2D eigenvalue weighted by atomic mass is 10.1. The molecule has 3 aromatic carbocycles. The summed E-state index contributed by atoms with van der Waals surface area (Å²) < 4.78 is 12.0. The molecule has 0 bridgehead atoms. The van der Waals surface area contributed by atoms with E-state index in [1.165, 1.54) is 12.7 Å². The average molecular weight is 510 g/mol. The minimum Gasteiger partial charge on any atom is -0.495 e. The zero-order valence-corrected chi connectivity index (χ0v) is 19.9. The molecule has 0 N–H and O–H groups in total. The molecule has 1 fully saturated rings. The number of nitrogens with zero attached hydrogens (tertiary/aromatic N) is 1. The number of carbonyl (C=O) groups is 2. The third kappa shape index (κ3) is 4.74. The van der Waals surface area contributed by atoms with Crippen molar-refractivity contribution in [3.05, 3.63) is 92.8 Å². The first kappa shape index (κ1) is 22.2. The molecule has 162 valence electrons. The first-order chi connectivity index (χ1) is 15.5. The van der Waals surface area contributed by atoms with Gasteiger partial charge < -0.3 is 9.47 Å². The fourth-order valence-corrected chi connectivity index (χ4v) is 4.56. The van der Waals surface area contributed by atoms with E-state index in [1.54, 1.807) is 30.3 Å². The Labute approximate surface area is 199 Å². The van der Waals surface area contributed by atoms with E-state index in [0.29, 0.717) is 28.7 Å². The quantitative estimate of drug-likeness (QED) is 0.351. The van der Waals surface area contributed by atoms with Crippen molar-refractivity contribution in [2.24, 2.45) is 0 Å². The maximum absolute atomic E-state index is 12.9. The van der Waals surface area contributed by atoms with Crippen LogP contribution in [0.5, 0.6) is 11.5 Å². The molecule has 32 heavy (non-hydrogen) atoms. The highest BCUT2D eigenvalue weighted by Gasteiger charge is 2.37. The molecule has 0 spiro atoms. The summed E-state index contributed by atoms with van der Waals surface area (Å²) in [5.41, 5.74) is 3.50. The van der Waals surface area contributed by atoms with Crippen LogP contribution in [0, 0.1) is 6.92 Å². The number of rotatable bonds is 6. The third-order valence-electron chi connectivity index (χ3n) is 4.89. The number of amides is 2. The van der Waals surface area contributed by atoms with E-state index in [-0.39, 0.29) is 11.1 Å². The van der Waals surface area contributed by atoms with Gasteiger partial charge >= 0.3 is 0 Å². The highest BCUT2D eigenvalue weighted by atomic mass is 79.9. The maximum atomic E-state index is 12.9. The van der Waals surface area contributed by atoms with Gasteiger partial charge in [0.15, 0.2) is 0 Å². The van der Waals surface area contributed by atoms with Gasteiger partial charge in [-0.2, -0.15) is 0 Å². The number of para-hydroxylation sites is 2. The van der Waals surface area contributed by atoms with Crippen LogP contribution >= 0.6 is 27.7 Å². The molecule has 1 saturated heterocycles. The lowest BCUT2D eigenvalue weighted by molar-refractivity contribution is -0.113. The lowest BCUT2D eigenvalue weighted by Crippen LogP contribution is -2.28. The van der Waals surface area contributed by atoms with E-state index < -0.39 is 0 Å². The number of anilines is 1. The van der Waals surface area contributed by atoms with Crippen molar-refractivity contribution in [1.29, 1.82) is 0 Å². The van der Waals surface area contributed by atoms with E-state index in [0.717, 1.165) is 32.3 Å². The molecule has 0 aromatic heterocycles. The number of carbonyl (C=O) groups excluding carboxylic acids is 2. The van der Waals surface area contributed by atoms with E-state index >= 15 is 0 Å². The van der Waals surface area contributed by atoms with Crippen molar-refractivity contribution in [3.8, 4) is 11.5 Å². The molecular formula is C25H20BrNO4S. The second-order valence-electron chi connectivity index (χ2n) is 7.15. The van der Waals surface area contributed by atoms with Crippen LogP contribution in [0.1, 0.15) is 16.7 Å². The van der Waals surface area contributed by atoms with Gasteiger partial charge in [-0.05, 0) is 76.1 Å². The molecule has 7 heteroatoms. The summed E-state index contributed by atoms with van der Waals surface area (Å²) >= 11 is 4.44. The summed E-state index contributed by atoms with van der Waals surface area (Å²) in [6.45, 7) is 2.50. The molecule has 1 aliphatic rings. The van der Waals surface area contributed by atoms with Gasteiger partial charge in [-0.1, -0.05) is 48.0 Å². The number of benzene rings is 3. The Kier molecular flexibility index (Phi) is 6.67. The monoisotopic (exact) mass is 509 g/mol. The number of ether oxygens (including phenoxy) is 2. The summed E-state index contributed by atoms with van der Waals surface area (Å²) in [6, 6.07) is 20.7. The van der Waals surface area contributed by atoms with Crippen LogP contribution in [0.4, 0.5) is 10.5 Å². The molecule has 1 heterocycles. The van der Waals surface area contributed by atoms with Crippen LogP contribution < -0.4 is 14.4 Å². The first-order valence-electron chi connectivity index (χ1n) is 9.85. The van der Waals surface area contributed by atoms with Crippen LogP contribution in [0.3, 0.4) is 0 Å². The Morgan fingerprint density at radius 3 is 2.47 bits per heavy atom. The number of methoxy groups -OCH3 is 1. The Hall–Kier alpha value is -3.03. The summed E-state index contributed by atoms with van der Waals surface area (Å²) in [5.74, 6) is 0.791. The Morgan fingerprint density at radius 1 is 1.00 bits per heavy atom. The number of hydrogen-bond acceptors (Lipinski definition) is 5. The normalized spacial score (nSPS) is 14.8. The van der Waals surface area contributed by atoms with Crippen LogP contribution in [0.25, 0.3) is 6.08 Å². The lowest BCUT2D eigenvalue weighted by Gasteiger charge is -2.15. The summed E-state index contributed by atoms with van der Waals surface area (Å²) in [5, 5.41) is -0.358. The van der Waals surface area contributed by atoms with Crippen molar-refractivity contribution in [2.75, 3.05) is 12.0 Å². The van der Waals surface area contributed by atoms with E-state index in [9.17, 15) is 9.59 Å². The minimum atomic E-state index is -0.375. The van der Waals surface area contributed by atoms with Crippen molar-refractivity contribution >= 4 is 50.6 Å². The second kappa shape index (κ2) is 9.63. The van der Waals surface area contributed by atoms with Crippen molar-refractivity contribution < 1.29 is 19.1 Å². The van der Waals surface area contributed by atoms with Gasteiger partial charge in [-0.3, -0.25) is 9.59 Å². The fourth-order valence-electron chi connectivity index (χ4n) is 3.21. The Bertz CT molecular complexity index is 1210. The van der Waals surface area contributed by atoms with Gasteiger partial charge in [0.25, 0.3) is 11.1 Å². The van der Waals surface area contributed by atoms with Crippen molar-refractivity contribution in [1.82, 2.24) is 0 Å². The molecule has 0 atom stereocenters. The first-order valence-corrected chi connectivity index (χ1v) is 11.5. The van der Waals surface area contributed by atoms with Crippen LogP contribution in [0.2, 0.25) is 0 Å². The zero-order valence-electron chi connectivity index (χ0n) is 17.5. The van der Waals surface area contributed by atoms with E-state index in [2.05, 4.69) is 28.1 Å². The molecule has 4 rings (SSSR count). The van der Waals surface area contributed by atoms with Crippen molar-refractivity contribution in [2.45, 2.75) is 13.5 Å². The predicted octanol–water partition coefficient (Wildman–Crippen LogP) is 6.59. The van der Waals surface area contributed by atoms with Crippen LogP contribution in [-0.4, -0.2) is 18.3 Å². The molecule has 0 saturated carbocycles. The Morgan fingerprint density at radius 2 is 1.75 bits per heavy atom. The van der Waals surface area contributed by atoms with Crippen LogP contribution in [0.15, 0.2) is 76.1 Å². The van der Waals surface area contributed by atoms with Gasteiger partial charge in [0.05, 0.1) is 22.2 Å². The second-order valence-corrected chi connectivity index (χ2v) is 9.00. The Balaban J connectivity index is 1.51. The number of halogens is 1.